The predicted octanol–water partition coefficient (Wildman–Crippen LogP) is 4.11. The van der Waals surface area contributed by atoms with E-state index >= 15 is 0 Å². The molecule has 2 aromatic rings. The van der Waals surface area contributed by atoms with Crippen molar-refractivity contribution in [1.82, 2.24) is 20.5 Å². The van der Waals surface area contributed by atoms with E-state index in [1.54, 1.807) is 32.1 Å². The quantitative estimate of drug-likeness (QED) is 0.0933. The van der Waals surface area contributed by atoms with Gasteiger partial charge in [-0.25, -0.2) is 4.98 Å². The lowest BCUT2D eigenvalue weighted by Crippen LogP contribution is -2.57. The molecule has 0 bridgehead atoms. The SMILES string of the molecule is Cc1ncsc1-c1ccc(CN2C[C@H](O)C[C@H]2C(=O)NC(=O)[C@@H](NC(=O)COCCOCCOCCOCCOCCCCCCCl)C(C)(C)C)cc1. The zero-order chi connectivity index (χ0) is 38.5. The first-order valence-electron chi connectivity index (χ1n) is 18.5. The molecule has 53 heavy (non-hydrogen) atoms. The predicted molar refractivity (Wildman–Crippen MR) is 205 cm³/mol. The second-order valence-electron chi connectivity index (χ2n) is 14.1. The first-order chi connectivity index (χ1) is 25.5. The Morgan fingerprint density at radius 3 is 2.06 bits per heavy atom. The molecule has 1 aliphatic rings. The molecule has 3 rings (SSSR count). The Kier molecular flexibility index (Phi) is 21.0. The lowest BCUT2D eigenvalue weighted by atomic mass is 9.86. The van der Waals surface area contributed by atoms with E-state index in [0.29, 0.717) is 52.7 Å². The number of benzene rings is 1. The summed E-state index contributed by atoms with van der Waals surface area (Å²) in [6, 6.07) is 6.35. The lowest BCUT2D eigenvalue weighted by molar-refractivity contribution is -0.139. The van der Waals surface area contributed by atoms with Gasteiger partial charge in [0.2, 0.25) is 17.7 Å². The van der Waals surface area contributed by atoms with Gasteiger partial charge >= 0.3 is 0 Å². The molecule has 0 aliphatic carbocycles. The number of thiazole rings is 1. The molecular formula is C38H59ClN4O9S. The Hall–Kier alpha value is -2.53. The molecule has 1 aliphatic heterocycles. The van der Waals surface area contributed by atoms with Crippen LogP contribution in [0.4, 0.5) is 0 Å². The third-order valence-corrected chi connectivity index (χ3v) is 9.85. The van der Waals surface area contributed by atoms with Crippen molar-refractivity contribution in [3.8, 4) is 10.4 Å². The van der Waals surface area contributed by atoms with Crippen LogP contribution in [0.2, 0.25) is 0 Å². The van der Waals surface area contributed by atoms with Crippen molar-refractivity contribution in [2.75, 3.05) is 78.5 Å². The summed E-state index contributed by atoms with van der Waals surface area (Å²) in [6.07, 6.45) is 3.87. The van der Waals surface area contributed by atoms with Crippen molar-refractivity contribution in [2.45, 2.75) is 84.5 Å². The first-order valence-corrected chi connectivity index (χ1v) is 19.9. The second-order valence-corrected chi connectivity index (χ2v) is 15.4. The molecule has 15 heteroatoms. The molecule has 1 saturated heterocycles. The Morgan fingerprint density at radius 1 is 0.906 bits per heavy atom. The van der Waals surface area contributed by atoms with Gasteiger partial charge in [-0.3, -0.25) is 24.6 Å². The fourth-order valence-corrected chi connectivity index (χ4v) is 6.75. The highest BCUT2D eigenvalue weighted by Gasteiger charge is 2.39. The van der Waals surface area contributed by atoms with Crippen molar-refractivity contribution in [3.05, 3.63) is 41.0 Å². The Balaban J connectivity index is 1.29. The molecule has 2 heterocycles. The number of nitrogens with zero attached hydrogens (tertiary/aromatic N) is 2. The van der Waals surface area contributed by atoms with E-state index in [-0.39, 0.29) is 26.2 Å². The van der Waals surface area contributed by atoms with Crippen molar-refractivity contribution in [2.24, 2.45) is 5.41 Å². The minimum absolute atomic E-state index is 0.182. The summed E-state index contributed by atoms with van der Waals surface area (Å²) in [6.45, 7) is 11.8. The zero-order valence-corrected chi connectivity index (χ0v) is 33.3. The summed E-state index contributed by atoms with van der Waals surface area (Å²) in [5, 5.41) is 15.6. The van der Waals surface area contributed by atoms with E-state index < -0.39 is 41.3 Å². The molecular weight excluding hydrogens is 724 g/mol. The van der Waals surface area contributed by atoms with Crippen LogP contribution in [0.25, 0.3) is 10.4 Å². The number of aromatic nitrogens is 1. The summed E-state index contributed by atoms with van der Waals surface area (Å²) >= 11 is 7.25. The maximum Gasteiger partial charge on any atom is 0.249 e. The van der Waals surface area contributed by atoms with Gasteiger partial charge in [0.15, 0.2) is 0 Å². The highest BCUT2D eigenvalue weighted by atomic mass is 35.5. The van der Waals surface area contributed by atoms with Crippen LogP contribution < -0.4 is 10.6 Å². The van der Waals surface area contributed by atoms with Crippen LogP contribution in [-0.4, -0.2) is 129 Å². The van der Waals surface area contributed by atoms with Gasteiger partial charge in [0, 0.05) is 25.6 Å². The van der Waals surface area contributed by atoms with E-state index in [4.69, 9.17) is 35.3 Å². The van der Waals surface area contributed by atoms with Crippen molar-refractivity contribution >= 4 is 40.7 Å². The molecule has 298 valence electrons. The van der Waals surface area contributed by atoms with E-state index in [0.717, 1.165) is 59.9 Å². The molecule has 1 fully saturated rings. The lowest BCUT2D eigenvalue weighted by Gasteiger charge is -2.31. The van der Waals surface area contributed by atoms with Gasteiger partial charge in [-0.15, -0.1) is 22.9 Å². The summed E-state index contributed by atoms with van der Waals surface area (Å²) in [4.78, 5) is 46.7. The summed E-state index contributed by atoms with van der Waals surface area (Å²) in [5.74, 6) is -0.900. The average Bonchev–Trinajstić information content (AvgIpc) is 3.72. The number of ether oxygens (including phenoxy) is 5. The fourth-order valence-electron chi connectivity index (χ4n) is 5.75. The number of amides is 3. The number of alkyl halides is 1. The highest BCUT2D eigenvalue weighted by molar-refractivity contribution is 7.13. The molecule has 3 atom stereocenters. The minimum atomic E-state index is -0.994. The second kappa shape index (κ2) is 24.8. The van der Waals surface area contributed by atoms with E-state index in [1.165, 1.54) is 0 Å². The van der Waals surface area contributed by atoms with Gasteiger partial charge in [-0.2, -0.15) is 0 Å². The van der Waals surface area contributed by atoms with Crippen LogP contribution in [0.5, 0.6) is 0 Å². The maximum atomic E-state index is 13.4. The smallest absolute Gasteiger partial charge is 0.249 e. The summed E-state index contributed by atoms with van der Waals surface area (Å²) in [5.41, 5.74) is 4.15. The molecule has 3 N–H and O–H groups in total. The third kappa shape index (κ3) is 17.2. The van der Waals surface area contributed by atoms with Crippen molar-refractivity contribution < 1.29 is 43.2 Å². The van der Waals surface area contributed by atoms with Crippen LogP contribution in [0.3, 0.4) is 0 Å². The molecule has 0 spiro atoms. The van der Waals surface area contributed by atoms with Crippen LogP contribution in [-0.2, 0) is 44.6 Å². The molecule has 3 amide bonds. The molecule has 13 nitrogen and oxygen atoms in total. The topological polar surface area (TPSA) is 158 Å². The Bertz CT molecular complexity index is 1360. The van der Waals surface area contributed by atoms with Crippen LogP contribution in [0.15, 0.2) is 29.8 Å². The number of aryl methyl sites for hydroxylation is 1. The first kappa shape index (κ1) is 44.9. The summed E-state index contributed by atoms with van der Waals surface area (Å²) in [7, 11) is 0. The molecule has 0 saturated carbocycles. The van der Waals surface area contributed by atoms with E-state index in [1.807, 2.05) is 41.6 Å². The normalized spacial score (nSPS) is 16.9. The number of hydrogen-bond donors (Lipinski definition) is 3. The minimum Gasteiger partial charge on any atom is -0.392 e. The van der Waals surface area contributed by atoms with E-state index in [2.05, 4.69) is 15.6 Å². The van der Waals surface area contributed by atoms with Gasteiger partial charge in [0.1, 0.15) is 12.6 Å². The molecule has 0 radical (unpaired) electrons. The van der Waals surface area contributed by atoms with Crippen LogP contribution >= 0.6 is 22.9 Å². The van der Waals surface area contributed by atoms with Gasteiger partial charge in [-0.05, 0) is 42.7 Å². The number of unbranched alkanes of at least 4 members (excludes halogenated alkanes) is 3. The van der Waals surface area contributed by atoms with Crippen LogP contribution in [0, 0.1) is 12.3 Å². The van der Waals surface area contributed by atoms with Gasteiger partial charge in [0.25, 0.3) is 0 Å². The number of carbonyl (C=O) groups excluding carboxylic acids is 3. The number of imide groups is 1. The van der Waals surface area contributed by atoms with Crippen LogP contribution in [0.1, 0.15) is 64.1 Å². The van der Waals surface area contributed by atoms with Gasteiger partial charge < -0.3 is 34.1 Å². The number of aliphatic hydroxyl groups excluding tert-OH is 1. The molecule has 1 aromatic heterocycles. The van der Waals surface area contributed by atoms with Gasteiger partial charge in [-0.1, -0.05) is 57.9 Å². The Labute approximate surface area is 323 Å². The largest absolute Gasteiger partial charge is 0.392 e. The van der Waals surface area contributed by atoms with Crippen molar-refractivity contribution in [1.29, 1.82) is 0 Å². The average molecular weight is 783 g/mol. The zero-order valence-electron chi connectivity index (χ0n) is 31.7. The standard InChI is InChI=1S/C38H59ClN4O9S/c1-28-34(53-27-40-28)30-11-9-29(10-12-30)24-43-25-31(44)23-32(43)36(46)42-37(47)35(38(2,3)4)41-33(45)26-52-22-21-51-20-19-50-18-17-49-16-15-48-14-8-6-5-7-13-39/h9-12,27,31-32,35,44H,5-8,13-26H2,1-4H3,(H,41,45)(H,42,46,47)/t31-,32+,35-/m1/s1. The number of carbonyl (C=O) groups is 3. The molecule has 0 unspecified atom stereocenters. The van der Waals surface area contributed by atoms with Crippen molar-refractivity contribution in [3.63, 3.8) is 0 Å². The van der Waals surface area contributed by atoms with E-state index in [9.17, 15) is 19.5 Å². The number of hydrogen-bond acceptors (Lipinski definition) is 12. The fraction of sp³-hybridized carbons (Fsp3) is 0.684. The number of likely N-dealkylation sites (tertiary alicyclic amines) is 1. The summed E-state index contributed by atoms with van der Waals surface area (Å²) < 4.78 is 27.4. The monoisotopic (exact) mass is 782 g/mol. The highest BCUT2D eigenvalue weighted by Crippen LogP contribution is 2.28. The van der Waals surface area contributed by atoms with Gasteiger partial charge in [0.05, 0.1) is 81.1 Å². The number of halogens is 1. The number of aliphatic hydroxyl groups is 1. The number of nitrogens with one attached hydrogen (secondary N) is 2. The maximum absolute atomic E-state index is 13.4. The molecule has 1 aromatic carbocycles. The Morgan fingerprint density at radius 2 is 1.49 bits per heavy atom. The number of β-amino-alcohol motifs (C(OH)–C–C–N with tert-alkyl or cyclic N) is 1. The number of rotatable bonds is 26. The third-order valence-electron chi connectivity index (χ3n) is 8.60.